The summed E-state index contributed by atoms with van der Waals surface area (Å²) in [4.78, 5) is 0. The molecule has 0 aliphatic heterocycles. The molecule has 0 aromatic heterocycles. The SMILES string of the molecule is COc1ccc(OCC(C)(C)CBr)c(Br)c1. The minimum absolute atomic E-state index is 0.124. The van der Waals surface area contributed by atoms with Crippen molar-refractivity contribution in [1.82, 2.24) is 0 Å². The molecular weight excluding hydrogens is 336 g/mol. The molecule has 1 rings (SSSR count). The van der Waals surface area contributed by atoms with Crippen molar-refractivity contribution in [3.63, 3.8) is 0 Å². The summed E-state index contributed by atoms with van der Waals surface area (Å²) in [7, 11) is 1.65. The lowest BCUT2D eigenvalue weighted by atomic mass is 9.98. The van der Waals surface area contributed by atoms with Gasteiger partial charge in [-0.1, -0.05) is 29.8 Å². The zero-order valence-electron chi connectivity index (χ0n) is 9.72. The van der Waals surface area contributed by atoms with Gasteiger partial charge in [-0.2, -0.15) is 0 Å². The second-order valence-electron chi connectivity index (χ2n) is 4.38. The van der Waals surface area contributed by atoms with Crippen molar-refractivity contribution >= 4 is 31.9 Å². The van der Waals surface area contributed by atoms with Gasteiger partial charge < -0.3 is 9.47 Å². The highest BCUT2D eigenvalue weighted by Gasteiger charge is 2.17. The first-order chi connectivity index (χ1) is 7.48. The Balaban J connectivity index is 2.68. The molecule has 0 saturated carbocycles. The van der Waals surface area contributed by atoms with Gasteiger partial charge in [-0.05, 0) is 34.1 Å². The Kier molecular flexibility index (Phi) is 5.12. The van der Waals surface area contributed by atoms with Gasteiger partial charge in [-0.25, -0.2) is 0 Å². The van der Waals surface area contributed by atoms with Crippen LogP contribution >= 0.6 is 31.9 Å². The highest BCUT2D eigenvalue weighted by molar-refractivity contribution is 9.10. The fourth-order valence-electron chi connectivity index (χ4n) is 1.04. The first-order valence-electron chi connectivity index (χ1n) is 5.01. The van der Waals surface area contributed by atoms with Crippen LogP contribution in [0.2, 0.25) is 0 Å². The molecule has 2 nitrogen and oxygen atoms in total. The highest BCUT2D eigenvalue weighted by Crippen LogP contribution is 2.30. The summed E-state index contributed by atoms with van der Waals surface area (Å²) in [6.07, 6.45) is 0. The lowest BCUT2D eigenvalue weighted by molar-refractivity contribution is 0.202. The van der Waals surface area contributed by atoms with E-state index in [1.807, 2.05) is 18.2 Å². The number of benzene rings is 1. The molecule has 4 heteroatoms. The van der Waals surface area contributed by atoms with E-state index >= 15 is 0 Å². The maximum atomic E-state index is 5.76. The number of methoxy groups -OCH3 is 1. The number of hydrogen-bond acceptors (Lipinski definition) is 2. The predicted octanol–water partition coefficient (Wildman–Crippen LogP) is 4.26. The third-order valence-electron chi connectivity index (χ3n) is 2.12. The van der Waals surface area contributed by atoms with Gasteiger partial charge in [0.05, 0.1) is 18.2 Å². The summed E-state index contributed by atoms with van der Waals surface area (Å²) in [6, 6.07) is 5.70. The summed E-state index contributed by atoms with van der Waals surface area (Å²) in [6.45, 7) is 4.97. The van der Waals surface area contributed by atoms with Gasteiger partial charge in [-0.15, -0.1) is 0 Å². The van der Waals surface area contributed by atoms with E-state index in [9.17, 15) is 0 Å². The van der Waals surface area contributed by atoms with Crippen molar-refractivity contribution in [3.05, 3.63) is 22.7 Å². The molecule has 0 radical (unpaired) electrons. The molecule has 0 unspecified atom stereocenters. The molecule has 0 amide bonds. The number of halogens is 2. The molecule has 90 valence electrons. The molecule has 0 aliphatic carbocycles. The van der Waals surface area contributed by atoms with Crippen LogP contribution in [-0.4, -0.2) is 19.0 Å². The van der Waals surface area contributed by atoms with Crippen LogP contribution in [0.5, 0.6) is 11.5 Å². The van der Waals surface area contributed by atoms with Crippen molar-refractivity contribution in [2.24, 2.45) is 5.41 Å². The molecule has 0 atom stereocenters. The predicted molar refractivity (Wildman–Crippen MR) is 73.8 cm³/mol. The standard InChI is InChI=1S/C12H16Br2O2/c1-12(2,7-13)8-16-11-5-4-9(15-3)6-10(11)14/h4-6H,7-8H2,1-3H3. The van der Waals surface area contributed by atoms with Crippen LogP contribution in [0.25, 0.3) is 0 Å². The Morgan fingerprint density at radius 2 is 2.00 bits per heavy atom. The van der Waals surface area contributed by atoms with E-state index in [0.717, 1.165) is 21.3 Å². The zero-order valence-corrected chi connectivity index (χ0v) is 12.9. The number of alkyl halides is 1. The summed E-state index contributed by atoms with van der Waals surface area (Å²) in [5.74, 6) is 1.66. The van der Waals surface area contributed by atoms with Gasteiger partial charge in [0.2, 0.25) is 0 Å². The van der Waals surface area contributed by atoms with Gasteiger partial charge in [0.25, 0.3) is 0 Å². The Bertz CT molecular complexity index is 351. The van der Waals surface area contributed by atoms with E-state index in [1.54, 1.807) is 7.11 Å². The molecule has 0 saturated heterocycles. The lowest BCUT2D eigenvalue weighted by Crippen LogP contribution is -2.22. The number of rotatable bonds is 5. The second kappa shape index (κ2) is 5.92. The minimum Gasteiger partial charge on any atom is -0.497 e. The summed E-state index contributed by atoms with van der Waals surface area (Å²) in [5, 5.41) is 0.910. The van der Waals surface area contributed by atoms with Crippen LogP contribution in [0.3, 0.4) is 0 Å². The summed E-state index contributed by atoms with van der Waals surface area (Å²) in [5.41, 5.74) is 0.124. The van der Waals surface area contributed by atoms with E-state index in [-0.39, 0.29) is 5.41 Å². The monoisotopic (exact) mass is 350 g/mol. The van der Waals surface area contributed by atoms with E-state index in [2.05, 4.69) is 45.7 Å². The zero-order chi connectivity index (χ0) is 12.2. The van der Waals surface area contributed by atoms with Crippen LogP contribution in [0.4, 0.5) is 0 Å². The lowest BCUT2D eigenvalue weighted by Gasteiger charge is -2.22. The molecule has 0 heterocycles. The van der Waals surface area contributed by atoms with E-state index < -0.39 is 0 Å². The van der Waals surface area contributed by atoms with Gasteiger partial charge in [-0.3, -0.25) is 0 Å². The molecule has 16 heavy (non-hydrogen) atoms. The van der Waals surface area contributed by atoms with E-state index in [4.69, 9.17) is 9.47 Å². The largest absolute Gasteiger partial charge is 0.497 e. The maximum absolute atomic E-state index is 5.76. The molecule has 1 aromatic carbocycles. The number of ether oxygens (including phenoxy) is 2. The van der Waals surface area contributed by atoms with Crippen LogP contribution < -0.4 is 9.47 Å². The van der Waals surface area contributed by atoms with Gasteiger partial charge in [0, 0.05) is 10.7 Å². The quantitative estimate of drug-likeness (QED) is 0.738. The fourth-order valence-corrected chi connectivity index (χ4v) is 1.67. The normalized spacial score (nSPS) is 11.3. The minimum atomic E-state index is 0.124. The fraction of sp³-hybridized carbons (Fsp3) is 0.500. The van der Waals surface area contributed by atoms with Crippen molar-refractivity contribution in [1.29, 1.82) is 0 Å². The summed E-state index contributed by atoms with van der Waals surface area (Å²) >= 11 is 6.93. The van der Waals surface area contributed by atoms with E-state index in [1.165, 1.54) is 0 Å². The van der Waals surface area contributed by atoms with Crippen LogP contribution in [0.1, 0.15) is 13.8 Å². The van der Waals surface area contributed by atoms with Crippen LogP contribution in [0, 0.1) is 5.41 Å². The summed E-state index contributed by atoms with van der Waals surface area (Å²) < 4.78 is 11.8. The molecule has 0 bridgehead atoms. The van der Waals surface area contributed by atoms with Gasteiger partial charge >= 0.3 is 0 Å². The smallest absolute Gasteiger partial charge is 0.133 e. The Hall–Kier alpha value is -0.220. The number of hydrogen-bond donors (Lipinski definition) is 0. The topological polar surface area (TPSA) is 18.5 Å². The molecule has 0 fully saturated rings. The maximum Gasteiger partial charge on any atom is 0.133 e. The molecule has 0 spiro atoms. The average molecular weight is 352 g/mol. The first-order valence-corrected chi connectivity index (χ1v) is 6.92. The molecular formula is C12H16Br2O2. The molecule has 0 N–H and O–H groups in total. The van der Waals surface area contributed by atoms with Crippen molar-refractivity contribution in [2.45, 2.75) is 13.8 Å². The van der Waals surface area contributed by atoms with E-state index in [0.29, 0.717) is 6.61 Å². The Morgan fingerprint density at radius 3 is 2.50 bits per heavy atom. The van der Waals surface area contributed by atoms with Crippen molar-refractivity contribution in [2.75, 3.05) is 19.0 Å². The highest BCUT2D eigenvalue weighted by atomic mass is 79.9. The van der Waals surface area contributed by atoms with Gasteiger partial charge in [0.1, 0.15) is 11.5 Å². The van der Waals surface area contributed by atoms with Crippen LogP contribution in [-0.2, 0) is 0 Å². The van der Waals surface area contributed by atoms with Crippen molar-refractivity contribution in [3.8, 4) is 11.5 Å². The first kappa shape index (κ1) is 13.8. The third kappa shape index (κ3) is 3.98. The molecule has 1 aromatic rings. The molecule has 0 aliphatic rings. The Morgan fingerprint density at radius 1 is 1.31 bits per heavy atom. The Labute approximate surface area is 114 Å². The average Bonchev–Trinajstić information content (AvgIpc) is 2.27. The third-order valence-corrected chi connectivity index (χ3v) is 4.26. The van der Waals surface area contributed by atoms with Crippen molar-refractivity contribution < 1.29 is 9.47 Å². The van der Waals surface area contributed by atoms with Gasteiger partial charge in [0.15, 0.2) is 0 Å². The van der Waals surface area contributed by atoms with Crippen LogP contribution in [0.15, 0.2) is 22.7 Å². The second-order valence-corrected chi connectivity index (χ2v) is 5.80.